The predicted octanol–water partition coefficient (Wildman–Crippen LogP) is 3.66. The summed E-state index contributed by atoms with van der Waals surface area (Å²) in [7, 11) is 1.78. The zero-order valence-electron chi connectivity index (χ0n) is 19.1. The number of ketones is 1. The average Bonchev–Trinajstić information content (AvgIpc) is 3.29. The standard InChI is InChI=1S/C23H22F2N8O2/c1-13-14(4-6-16(34)20-30-21(32-35-20)23(11-24)8-9-23)3-5-15(18(13)25)19-26-12-27-22(29-19)28-17-7-10-33(2)31-17/h3,5,7,10,12H,4,6,8-9,11H2,1-2H3,(H,26,27,28,29,31). The predicted molar refractivity (Wildman–Crippen MR) is 120 cm³/mol. The van der Waals surface area contributed by atoms with Crippen LogP contribution >= 0.6 is 0 Å². The summed E-state index contributed by atoms with van der Waals surface area (Å²) in [5.41, 5.74) is 0.560. The van der Waals surface area contributed by atoms with Gasteiger partial charge < -0.3 is 9.84 Å². The molecule has 0 radical (unpaired) electrons. The molecule has 0 aliphatic heterocycles. The lowest BCUT2D eigenvalue weighted by Crippen LogP contribution is -2.11. The Hall–Kier alpha value is -4.09. The van der Waals surface area contributed by atoms with Crippen LogP contribution in [0.4, 0.5) is 20.5 Å². The highest BCUT2D eigenvalue weighted by molar-refractivity contribution is 5.91. The number of anilines is 2. The molecule has 1 N–H and O–H groups in total. The van der Waals surface area contributed by atoms with Gasteiger partial charge in [0.05, 0.1) is 11.0 Å². The van der Waals surface area contributed by atoms with Crippen molar-refractivity contribution in [2.45, 2.75) is 38.0 Å². The largest absolute Gasteiger partial charge is 0.331 e. The van der Waals surface area contributed by atoms with Gasteiger partial charge in [-0.3, -0.25) is 9.48 Å². The first-order valence-corrected chi connectivity index (χ1v) is 11.1. The van der Waals surface area contributed by atoms with Crippen LogP contribution in [-0.2, 0) is 18.9 Å². The van der Waals surface area contributed by atoms with Crippen LogP contribution in [-0.4, -0.2) is 47.3 Å². The van der Waals surface area contributed by atoms with E-state index in [-0.39, 0.29) is 47.7 Å². The van der Waals surface area contributed by atoms with Crippen molar-refractivity contribution in [1.29, 1.82) is 0 Å². The second kappa shape index (κ2) is 8.93. The summed E-state index contributed by atoms with van der Waals surface area (Å²) in [6, 6.07) is 5.06. The lowest BCUT2D eigenvalue weighted by Gasteiger charge is -2.10. The number of hydrogen-bond donors (Lipinski definition) is 1. The number of carbonyl (C=O) groups is 1. The van der Waals surface area contributed by atoms with Crippen molar-refractivity contribution < 1.29 is 18.1 Å². The number of alkyl halides is 1. The minimum atomic E-state index is -0.695. The molecule has 180 valence electrons. The molecule has 0 atom stereocenters. The highest BCUT2D eigenvalue weighted by atomic mass is 19.1. The maximum absolute atomic E-state index is 15.2. The zero-order valence-corrected chi connectivity index (χ0v) is 19.1. The normalized spacial score (nSPS) is 14.2. The van der Waals surface area contributed by atoms with Gasteiger partial charge in [0.2, 0.25) is 11.7 Å². The Morgan fingerprint density at radius 2 is 2.06 bits per heavy atom. The van der Waals surface area contributed by atoms with Crippen molar-refractivity contribution in [2.24, 2.45) is 7.05 Å². The number of aromatic nitrogens is 7. The van der Waals surface area contributed by atoms with Gasteiger partial charge in [0.1, 0.15) is 18.8 Å². The van der Waals surface area contributed by atoms with Crippen molar-refractivity contribution in [3.05, 3.63) is 59.4 Å². The van der Waals surface area contributed by atoms with E-state index in [0.717, 1.165) is 0 Å². The van der Waals surface area contributed by atoms with Crippen LogP contribution in [0.1, 0.15) is 46.9 Å². The van der Waals surface area contributed by atoms with Gasteiger partial charge in [-0.25, -0.2) is 18.7 Å². The molecule has 5 rings (SSSR count). The second-order valence-corrected chi connectivity index (χ2v) is 8.60. The number of nitrogens with one attached hydrogen (secondary N) is 1. The highest BCUT2D eigenvalue weighted by Crippen LogP contribution is 2.47. The summed E-state index contributed by atoms with van der Waals surface area (Å²) in [5.74, 6) is 0.194. The molecule has 0 saturated heterocycles. The number of rotatable bonds is 9. The maximum Gasteiger partial charge on any atom is 0.294 e. The van der Waals surface area contributed by atoms with E-state index >= 15 is 4.39 Å². The van der Waals surface area contributed by atoms with Gasteiger partial charge in [0.15, 0.2) is 17.5 Å². The van der Waals surface area contributed by atoms with E-state index in [0.29, 0.717) is 29.8 Å². The van der Waals surface area contributed by atoms with Crippen LogP contribution in [0.25, 0.3) is 11.4 Å². The molecule has 0 spiro atoms. The van der Waals surface area contributed by atoms with Gasteiger partial charge in [-0.2, -0.15) is 15.1 Å². The molecular formula is C23H22F2N8O2. The van der Waals surface area contributed by atoms with Crippen LogP contribution in [0.15, 0.2) is 35.2 Å². The summed E-state index contributed by atoms with van der Waals surface area (Å²) >= 11 is 0. The minimum absolute atomic E-state index is 0.0494. The molecule has 0 amide bonds. The molecule has 12 heteroatoms. The second-order valence-electron chi connectivity index (χ2n) is 8.60. The van der Waals surface area contributed by atoms with Crippen molar-refractivity contribution >= 4 is 17.5 Å². The fraction of sp³-hybridized carbons (Fsp3) is 0.348. The fourth-order valence-electron chi connectivity index (χ4n) is 3.73. The van der Waals surface area contributed by atoms with Crippen molar-refractivity contribution in [3.8, 4) is 11.4 Å². The molecule has 4 aromatic rings. The van der Waals surface area contributed by atoms with Crippen molar-refractivity contribution in [1.82, 2.24) is 34.9 Å². The smallest absolute Gasteiger partial charge is 0.294 e. The number of nitrogens with zero attached hydrogens (tertiary/aromatic N) is 7. The van der Waals surface area contributed by atoms with Crippen LogP contribution in [0.3, 0.4) is 0 Å². The van der Waals surface area contributed by atoms with Crippen LogP contribution in [0.5, 0.6) is 0 Å². The summed E-state index contributed by atoms with van der Waals surface area (Å²) in [4.78, 5) is 29.1. The minimum Gasteiger partial charge on any atom is -0.331 e. The van der Waals surface area contributed by atoms with E-state index in [4.69, 9.17) is 4.52 Å². The molecule has 0 bridgehead atoms. The summed E-state index contributed by atoms with van der Waals surface area (Å²) in [5, 5.41) is 10.9. The Labute approximate surface area is 198 Å². The number of aryl methyl sites for hydroxylation is 2. The maximum atomic E-state index is 15.2. The number of halogens is 2. The zero-order chi connectivity index (χ0) is 24.6. The Balaban J connectivity index is 1.28. The molecule has 1 saturated carbocycles. The number of benzene rings is 1. The summed E-state index contributed by atoms with van der Waals surface area (Å²) < 4.78 is 35.1. The fourth-order valence-corrected chi connectivity index (χ4v) is 3.73. The molecule has 1 fully saturated rings. The molecule has 3 heterocycles. The van der Waals surface area contributed by atoms with Crippen LogP contribution in [0.2, 0.25) is 0 Å². The average molecular weight is 480 g/mol. The molecule has 10 nitrogen and oxygen atoms in total. The summed E-state index contributed by atoms with van der Waals surface area (Å²) in [6.07, 6.45) is 4.67. The Kier molecular flexibility index (Phi) is 5.79. The first-order valence-electron chi connectivity index (χ1n) is 11.1. The van der Waals surface area contributed by atoms with Gasteiger partial charge in [-0.05, 0) is 43.4 Å². The first kappa shape index (κ1) is 22.7. The monoisotopic (exact) mass is 480 g/mol. The molecule has 0 unspecified atom stereocenters. The Morgan fingerprint density at radius 1 is 1.23 bits per heavy atom. The van der Waals surface area contributed by atoms with Crippen LogP contribution < -0.4 is 5.32 Å². The topological polar surface area (TPSA) is 125 Å². The lowest BCUT2D eigenvalue weighted by molar-refractivity contribution is 0.0940. The molecule has 1 aliphatic rings. The third-order valence-electron chi connectivity index (χ3n) is 6.13. The van der Waals surface area contributed by atoms with Crippen molar-refractivity contribution in [3.63, 3.8) is 0 Å². The van der Waals surface area contributed by atoms with Gasteiger partial charge >= 0.3 is 0 Å². The third-order valence-corrected chi connectivity index (χ3v) is 6.13. The van der Waals surface area contributed by atoms with Gasteiger partial charge in [0.25, 0.3) is 5.89 Å². The van der Waals surface area contributed by atoms with E-state index in [1.807, 2.05) is 0 Å². The third kappa shape index (κ3) is 4.51. The quantitative estimate of drug-likeness (QED) is 0.357. The van der Waals surface area contributed by atoms with E-state index in [9.17, 15) is 9.18 Å². The molecule has 3 aromatic heterocycles. The Bertz CT molecular complexity index is 1400. The highest BCUT2D eigenvalue weighted by Gasteiger charge is 2.49. The summed E-state index contributed by atoms with van der Waals surface area (Å²) in [6.45, 7) is 1.06. The number of hydrogen-bond acceptors (Lipinski definition) is 9. The SMILES string of the molecule is Cc1c(CCC(=O)c2nc(C3(CF)CC3)no2)ccc(-c2ncnc(Nc3ccn(C)n3)n2)c1F. The van der Waals surface area contributed by atoms with E-state index < -0.39 is 17.9 Å². The molecule has 1 aromatic carbocycles. The molecule has 35 heavy (non-hydrogen) atoms. The van der Waals surface area contributed by atoms with E-state index in [2.05, 4.69) is 35.5 Å². The Morgan fingerprint density at radius 3 is 2.77 bits per heavy atom. The van der Waals surface area contributed by atoms with Gasteiger partial charge in [-0.1, -0.05) is 11.2 Å². The number of Topliss-reactive ketones (excluding diaryl/α,β-unsaturated/α-hetero) is 1. The van der Waals surface area contributed by atoms with Gasteiger partial charge in [-0.15, -0.1) is 0 Å². The first-order chi connectivity index (χ1) is 16.9. The number of carbonyl (C=O) groups excluding carboxylic acids is 1. The van der Waals surface area contributed by atoms with E-state index in [1.54, 1.807) is 43.0 Å². The van der Waals surface area contributed by atoms with Crippen molar-refractivity contribution in [2.75, 3.05) is 12.0 Å². The molecule has 1 aliphatic carbocycles. The van der Waals surface area contributed by atoms with Crippen LogP contribution in [0, 0.1) is 12.7 Å². The lowest BCUT2D eigenvalue weighted by atomic mass is 9.99. The van der Waals surface area contributed by atoms with Gasteiger partial charge in [0, 0.05) is 25.7 Å². The van der Waals surface area contributed by atoms with E-state index in [1.165, 1.54) is 6.33 Å². The molecular weight excluding hydrogens is 458 g/mol.